The number of esters is 1. The Bertz CT molecular complexity index is 887. The van der Waals surface area contributed by atoms with E-state index in [9.17, 15) is 14.4 Å². The molecule has 1 unspecified atom stereocenters. The Morgan fingerprint density at radius 3 is 2.06 bits per heavy atom. The van der Waals surface area contributed by atoms with Crippen molar-refractivity contribution in [2.45, 2.75) is 85.4 Å². The van der Waals surface area contributed by atoms with Crippen molar-refractivity contribution < 1.29 is 19.1 Å². The molecule has 2 amide bonds. The van der Waals surface area contributed by atoms with Gasteiger partial charge in [0.05, 0.1) is 18.7 Å². The standard InChI is InChI=1S/C28H45N3O4/c1-11-21(18-19(3)26(34)35-12-2)31(10)25(33)23(27(4,5)6)30-24(32)22(29-9)28(7,8)20-16-14-13-15-17-20/h13-18,21-23,29H,11-12H2,1-10H3,(H,30,32)/t21-,22?,23+/m0/s1. The molecule has 0 radical (unpaired) electrons. The van der Waals surface area contributed by atoms with Crippen molar-refractivity contribution in [1.29, 1.82) is 0 Å². The maximum atomic E-state index is 13.7. The Labute approximate surface area is 211 Å². The predicted octanol–water partition coefficient (Wildman–Crippen LogP) is 3.83. The molecule has 0 aliphatic heterocycles. The van der Waals surface area contributed by atoms with Crippen LogP contribution < -0.4 is 10.6 Å². The quantitative estimate of drug-likeness (QED) is 0.366. The minimum Gasteiger partial charge on any atom is -0.463 e. The predicted molar refractivity (Wildman–Crippen MR) is 141 cm³/mol. The molecular formula is C28H45N3O4. The van der Waals surface area contributed by atoms with Crippen molar-refractivity contribution in [2.24, 2.45) is 5.41 Å². The number of amides is 2. The van der Waals surface area contributed by atoms with Gasteiger partial charge in [0.1, 0.15) is 6.04 Å². The first-order valence-corrected chi connectivity index (χ1v) is 12.4. The van der Waals surface area contributed by atoms with E-state index < -0.39 is 28.9 Å². The number of ether oxygens (including phenoxy) is 1. The monoisotopic (exact) mass is 487 g/mol. The van der Waals surface area contributed by atoms with Crippen molar-refractivity contribution in [3.63, 3.8) is 0 Å². The third kappa shape index (κ3) is 7.92. The lowest BCUT2D eigenvalue weighted by atomic mass is 9.76. The molecule has 196 valence electrons. The number of carbonyl (C=O) groups is 3. The van der Waals surface area contributed by atoms with Gasteiger partial charge in [-0.3, -0.25) is 9.59 Å². The number of nitrogens with zero attached hydrogens (tertiary/aromatic N) is 1. The van der Waals surface area contributed by atoms with Gasteiger partial charge < -0.3 is 20.3 Å². The molecule has 2 N–H and O–H groups in total. The van der Waals surface area contributed by atoms with E-state index in [0.29, 0.717) is 18.6 Å². The van der Waals surface area contributed by atoms with Crippen LogP contribution in [0.4, 0.5) is 0 Å². The molecule has 7 heteroatoms. The minimum absolute atomic E-state index is 0.210. The van der Waals surface area contributed by atoms with E-state index in [1.54, 1.807) is 38.9 Å². The molecular weight excluding hydrogens is 442 g/mol. The van der Waals surface area contributed by atoms with Crippen molar-refractivity contribution >= 4 is 17.8 Å². The van der Waals surface area contributed by atoms with E-state index in [1.165, 1.54) is 0 Å². The fourth-order valence-corrected chi connectivity index (χ4v) is 4.20. The number of carbonyl (C=O) groups excluding carboxylic acids is 3. The third-order valence-corrected chi connectivity index (χ3v) is 6.49. The Morgan fingerprint density at radius 2 is 1.60 bits per heavy atom. The maximum absolute atomic E-state index is 13.7. The zero-order valence-corrected chi connectivity index (χ0v) is 23.2. The van der Waals surface area contributed by atoms with E-state index in [0.717, 1.165) is 5.56 Å². The molecule has 0 heterocycles. The van der Waals surface area contributed by atoms with Crippen LogP contribution >= 0.6 is 0 Å². The second kappa shape index (κ2) is 12.9. The van der Waals surface area contributed by atoms with Gasteiger partial charge in [-0.1, -0.05) is 78.0 Å². The molecule has 1 aromatic carbocycles. The third-order valence-electron chi connectivity index (χ3n) is 6.49. The van der Waals surface area contributed by atoms with Gasteiger partial charge in [0, 0.05) is 18.0 Å². The Morgan fingerprint density at radius 1 is 1.03 bits per heavy atom. The number of benzene rings is 1. The van der Waals surface area contributed by atoms with Crippen LogP contribution in [0.2, 0.25) is 0 Å². The molecule has 0 saturated heterocycles. The molecule has 0 bridgehead atoms. The van der Waals surface area contributed by atoms with Gasteiger partial charge in [-0.2, -0.15) is 0 Å². The highest BCUT2D eigenvalue weighted by Crippen LogP contribution is 2.28. The average Bonchev–Trinajstić information content (AvgIpc) is 2.80. The van der Waals surface area contributed by atoms with Crippen LogP contribution in [-0.4, -0.2) is 61.5 Å². The van der Waals surface area contributed by atoms with Crippen LogP contribution in [-0.2, 0) is 24.5 Å². The van der Waals surface area contributed by atoms with Gasteiger partial charge in [0.25, 0.3) is 0 Å². The molecule has 0 aliphatic carbocycles. The summed E-state index contributed by atoms with van der Waals surface area (Å²) in [6.07, 6.45) is 2.37. The van der Waals surface area contributed by atoms with Crippen LogP contribution in [0.25, 0.3) is 0 Å². The first-order chi connectivity index (χ1) is 16.2. The molecule has 0 aliphatic rings. The Balaban J connectivity index is 3.21. The number of rotatable bonds is 11. The second-order valence-corrected chi connectivity index (χ2v) is 10.6. The summed E-state index contributed by atoms with van der Waals surface area (Å²) < 4.78 is 5.08. The van der Waals surface area contributed by atoms with E-state index in [1.807, 2.05) is 71.9 Å². The number of hydrogen-bond acceptors (Lipinski definition) is 5. The van der Waals surface area contributed by atoms with Crippen LogP contribution in [0.1, 0.15) is 67.4 Å². The van der Waals surface area contributed by atoms with Crippen molar-refractivity contribution in [1.82, 2.24) is 15.5 Å². The minimum atomic E-state index is -0.757. The van der Waals surface area contributed by atoms with Crippen molar-refractivity contribution in [2.75, 3.05) is 20.7 Å². The van der Waals surface area contributed by atoms with Crippen LogP contribution in [0, 0.1) is 5.41 Å². The van der Waals surface area contributed by atoms with Crippen LogP contribution in [0.15, 0.2) is 42.0 Å². The molecule has 0 fully saturated rings. The zero-order chi connectivity index (χ0) is 27.0. The summed E-state index contributed by atoms with van der Waals surface area (Å²) in [4.78, 5) is 40.9. The summed E-state index contributed by atoms with van der Waals surface area (Å²) in [5.41, 5.74) is 0.433. The molecule has 7 nitrogen and oxygen atoms in total. The number of likely N-dealkylation sites (N-methyl/N-ethyl adjacent to an activating group) is 2. The average molecular weight is 488 g/mol. The van der Waals surface area contributed by atoms with E-state index >= 15 is 0 Å². The highest BCUT2D eigenvalue weighted by Gasteiger charge is 2.41. The molecule has 35 heavy (non-hydrogen) atoms. The van der Waals surface area contributed by atoms with E-state index in [2.05, 4.69) is 10.6 Å². The van der Waals surface area contributed by atoms with Crippen molar-refractivity contribution in [3.05, 3.63) is 47.5 Å². The van der Waals surface area contributed by atoms with Gasteiger partial charge >= 0.3 is 5.97 Å². The highest BCUT2D eigenvalue weighted by molar-refractivity contribution is 5.92. The molecule has 0 aromatic heterocycles. The topological polar surface area (TPSA) is 87.7 Å². The molecule has 3 atom stereocenters. The van der Waals surface area contributed by atoms with E-state index in [-0.39, 0.29) is 17.9 Å². The first-order valence-electron chi connectivity index (χ1n) is 12.4. The fraction of sp³-hybridized carbons (Fsp3) is 0.607. The largest absolute Gasteiger partial charge is 0.463 e. The Kier molecular flexibility index (Phi) is 11.2. The summed E-state index contributed by atoms with van der Waals surface area (Å²) in [5, 5.41) is 6.19. The summed E-state index contributed by atoms with van der Waals surface area (Å²) in [6, 6.07) is 8.23. The summed E-state index contributed by atoms with van der Waals surface area (Å²) in [6.45, 7) is 15.5. The lowest BCUT2D eigenvalue weighted by Gasteiger charge is -2.39. The molecule has 1 rings (SSSR count). The van der Waals surface area contributed by atoms with Gasteiger partial charge in [0.15, 0.2) is 0 Å². The number of hydrogen-bond donors (Lipinski definition) is 2. The summed E-state index contributed by atoms with van der Waals surface area (Å²) in [5.74, 6) is -0.847. The zero-order valence-electron chi connectivity index (χ0n) is 23.2. The smallest absolute Gasteiger partial charge is 0.333 e. The summed E-state index contributed by atoms with van der Waals surface area (Å²) >= 11 is 0. The van der Waals surface area contributed by atoms with Gasteiger partial charge in [-0.25, -0.2) is 4.79 Å². The second-order valence-electron chi connectivity index (χ2n) is 10.6. The maximum Gasteiger partial charge on any atom is 0.333 e. The van der Waals surface area contributed by atoms with E-state index in [4.69, 9.17) is 4.74 Å². The highest BCUT2D eigenvalue weighted by atomic mass is 16.5. The lowest BCUT2D eigenvalue weighted by Crippen LogP contribution is -2.61. The Hall–Kier alpha value is -2.67. The molecule has 0 saturated carbocycles. The normalized spacial score (nSPS) is 15.1. The summed E-state index contributed by atoms with van der Waals surface area (Å²) in [7, 11) is 3.46. The van der Waals surface area contributed by atoms with Crippen LogP contribution in [0.5, 0.6) is 0 Å². The fourth-order valence-electron chi connectivity index (χ4n) is 4.20. The lowest BCUT2D eigenvalue weighted by molar-refractivity contribution is -0.140. The van der Waals surface area contributed by atoms with Gasteiger partial charge in [-0.15, -0.1) is 0 Å². The van der Waals surface area contributed by atoms with Crippen LogP contribution in [0.3, 0.4) is 0 Å². The molecule has 0 spiro atoms. The molecule has 1 aromatic rings. The van der Waals surface area contributed by atoms with Gasteiger partial charge in [-0.05, 0) is 38.3 Å². The van der Waals surface area contributed by atoms with Crippen molar-refractivity contribution in [3.8, 4) is 0 Å². The first kappa shape index (κ1) is 30.4. The van der Waals surface area contributed by atoms with Gasteiger partial charge in [0.2, 0.25) is 11.8 Å². The SMILES string of the molecule is CCOC(=O)C(C)=C[C@H](CC)N(C)C(=O)[C@@H](NC(=O)C(NC)C(C)(C)c1ccccc1)C(C)(C)C. The number of nitrogens with one attached hydrogen (secondary N) is 2.